The molecule has 0 radical (unpaired) electrons. The maximum absolute atomic E-state index is 11.1. The Balaban J connectivity index is 2.25. The van der Waals surface area contributed by atoms with Crippen LogP contribution < -0.4 is 10.6 Å². The minimum Gasteiger partial charge on any atom is -0.468 e. The molecule has 2 N–H and O–H groups in total. The highest BCUT2D eigenvalue weighted by Crippen LogP contribution is 2.02. The molecule has 1 aliphatic rings. The van der Waals surface area contributed by atoms with Crippen molar-refractivity contribution in [2.75, 3.05) is 20.2 Å². The first kappa shape index (κ1) is 10.5. The van der Waals surface area contributed by atoms with Gasteiger partial charge in [-0.15, -0.1) is 0 Å². The molecule has 2 atom stereocenters. The molecule has 4 heteroatoms. The third-order valence-corrected chi connectivity index (χ3v) is 2.34. The molecule has 0 aromatic carbocycles. The van der Waals surface area contributed by atoms with Gasteiger partial charge in [-0.05, 0) is 26.3 Å². The van der Waals surface area contributed by atoms with Crippen molar-refractivity contribution in [2.45, 2.75) is 31.8 Å². The van der Waals surface area contributed by atoms with E-state index in [0.717, 1.165) is 19.5 Å². The Kier molecular flexibility index (Phi) is 4.18. The Morgan fingerprint density at radius 2 is 2.46 bits per heavy atom. The lowest BCUT2D eigenvalue weighted by Crippen LogP contribution is -2.49. The fourth-order valence-corrected chi connectivity index (χ4v) is 1.59. The quantitative estimate of drug-likeness (QED) is 0.604. The molecular formula is C9H18N2O2. The second-order valence-electron chi connectivity index (χ2n) is 3.45. The van der Waals surface area contributed by atoms with Gasteiger partial charge in [-0.2, -0.15) is 0 Å². The standard InChI is InChI=1S/C9H18N2O2/c1-7(9(12)13-2)11-8-4-3-5-10-6-8/h7-8,10-11H,3-6H2,1-2H3/t7-,8?/m0/s1. The predicted molar refractivity (Wildman–Crippen MR) is 50.5 cm³/mol. The van der Waals surface area contributed by atoms with Crippen LogP contribution in [0, 0.1) is 0 Å². The van der Waals surface area contributed by atoms with Crippen LogP contribution in [0.15, 0.2) is 0 Å². The molecule has 13 heavy (non-hydrogen) atoms. The summed E-state index contributed by atoms with van der Waals surface area (Å²) in [5, 5.41) is 6.51. The van der Waals surface area contributed by atoms with E-state index in [1.165, 1.54) is 13.5 Å². The summed E-state index contributed by atoms with van der Waals surface area (Å²) in [6.45, 7) is 3.87. The molecule has 1 unspecified atom stereocenters. The van der Waals surface area contributed by atoms with Crippen molar-refractivity contribution in [3.05, 3.63) is 0 Å². The molecule has 1 saturated heterocycles. The van der Waals surface area contributed by atoms with Crippen LogP contribution in [0.25, 0.3) is 0 Å². The normalized spacial score (nSPS) is 25.2. The van der Waals surface area contributed by atoms with Gasteiger partial charge in [0.2, 0.25) is 0 Å². The van der Waals surface area contributed by atoms with Crippen molar-refractivity contribution < 1.29 is 9.53 Å². The summed E-state index contributed by atoms with van der Waals surface area (Å²) in [5.41, 5.74) is 0. The number of piperidine rings is 1. The molecule has 0 aromatic rings. The second-order valence-corrected chi connectivity index (χ2v) is 3.45. The maximum Gasteiger partial charge on any atom is 0.322 e. The van der Waals surface area contributed by atoms with Crippen molar-refractivity contribution in [3.63, 3.8) is 0 Å². The number of esters is 1. The Hall–Kier alpha value is -0.610. The predicted octanol–water partition coefficient (Wildman–Crippen LogP) is -0.110. The number of hydrogen-bond donors (Lipinski definition) is 2. The van der Waals surface area contributed by atoms with Crippen LogP contribution in [-0.2, 0) is 9.53 Å². The van der Waals surface area contributed by atoms with Crippen LogP contribution in [0.5, 0.6) is 0 Å². The highest BCUT2D eigenvalue weighted by molar-refractivity contribution is 5.75. The van der Waals surface area contributed by atoms with Gasteiger partial charge in [-0.1, -0.05) is 0 Å². The van der Waals surface area contributed by atoms with Crippen LogP contribution in [0.1, 0.15) is 19.8 Å². The summed E-state index contributed by atoms with van der Waals surface area (Å²) in [6, 6.07) is 0.206. The van der Waals surface area contributed by atoms with E-state index in [9.17, 15) is 4.79 Å². The molecular weight excluding hydrogens is 168 g/mol. The van der Waals surface area contributed by atoms with E-state index in [0.29, 0.717) is 6.04 Å². The van der Waals surface area contributed by atoms with Gasteiger partial charge in [0.05, 0.1) is 7.11 Å². The molecule has 0 saturated carbocycles. The second kappa shape index (κ2) is 5.19. The molecule has 76 valence electrons. The summed E-state index contributed by atoms with van der Waals surface area (Å²) in [4.78, 5) is 11.1. The molecule has 1 fully saturated rings. The van der Waals surface area contributed by atoms with Gasteiger partial charge in [0.25, 0.3) is 0 Å². The monoisotopic (exact) mass is 186 g/mol. The van der Waals surface area contributed by atoms with Crippen LogP contribution >= 0.6 is 0 Å². The summed E-state index contributed by atoms with van der Waals surface area (Å²) in [7, 11) is 1.42. The lowest BCUT2D eigenvalue weighted by atomic mass is 10.1. The van der Waals surface area contributed by atoms with E-state index < -0.39 is 0 Å². The fraction of sp³-hybridized carbons (Fsp3) is 0.889. The van der Waals surface area contributed by atoms with E-state index in [-0.39, 0.29) is 12.0 Å². The average Bonchev–Trinajstić information content (AvgIpc) is 2.18. The zero-order chi connectivity index (χ0) is 9.68. The lowest BCUT2D eigenvalue weighted by Gasteiger charge is -2.26. The average molecular weight is 186 g/mol. The zero-order valence-electron chi connectivity index (χ0n) is 8.30. The first-order chi connectivity index (χ1) is 6.24. The number of ether oxygens (including phenoxy) is 1. The van der Waals surface area contributed by atoms with Gasteiger partial charge in [0.15, 0.2) is 0 Å². The Bertz CT molecular complexity index is 167. The van der Waals surface area contributed by atoms with E-state index in [2.05, 4.69) is 15.4 Å². The van der Waals surface area contributed by atoms with Gasteiger partial charge in [0, 0.05) is 12.6 Å². The Labute approximate surface area is 79.0 Å². The van der Waals surface area contributed by atoms with Crippen molar-refractivity contribution in [2.24, 2.45) is 0 Å². The molecule has 1 aliphatic heterocycles. The van der Waals surface area contributed by atoms with Crippen molar-refractivity contribution in [1.29, 1.82) is 0 Å². The minimum atomic E-state index is -0.199. The van der Waals surface area contributed by atoms with E-state index >= 15 is 0 Å². The van der Waals surface area contributed by atoms with Gasteiger partial charge in [0.1, 0.15) is 6.04 Å². The highest BCUT2D eigenvalue weighted by Gasteiger charge is 2.19. The molecule has 1 rings (SSSR count). The van der Waals surface area contributed by atoms with Crippen LogP contribution in [0.2, 0.25) is 0 Å². The van der Waals surface area contributed by atoms with Crippen LogP contribution in [0.4, 0.5) is 0 Å². The SMILES string of the molecule is COC(=O)[C@H](C)NC1CCCNC1. The number of carbonyl (C=O) groups is 1. The molecule has 0 amide bonds. The molecule has 0 aliphatic carbocycles. The number of nitrogens with one attached hydrogen (secondary N) is 2. The number of methoxy groups -OCH3 is 1. The Morgan fingerprint density at radius 1 is 1.69 bits per heavy atom. The topological polar surface area (TPSA) is 50.4 Å². The van der Waals surface area contributed by atoms with Crippen LogP contribution in [0.3, 0.4) is 0 Å². The molecule has 0 bridgehead atoms. The molecule has 1 heterocycles. The fourth-order valence-electron chi connectivity index (χ4n) is 1.59. The minimum absolute atomic E-state index is 0.189. The highest BCUT2D eigenvalue weighted by atomic mass is 16.5. The van der Waals surface area contributed by atoms with Crippen molar-refractivity contribution in [1.82, 2.24) is 10.6 Å². The first-order valence-electron chi connectivity index (χ1n) is 4.78. The summed E-state index contributed by atoms with van der Waals surface area (Å²) >= 11 is 0. The first-order valence-corrected chi connectivity index (χ1v) is 4.78. The third kappa shape index (κ3) is 3.32. The summed E-state index contributed by atoms with van der Waals surface area (Å²) < 4.78 is 4.63. The van der Waals surface area contributed by atoms with E-state index in [1.54, 1.807) is 0 Å². The molecule has 0 aromatic heterocycles. The Morgan fingerprint density at radius 3 is 3.00 bits per heavy atom. The zero-order valence-corrected chi connectivity index (χ0v) is 8.30. The van der Waals surface area contributed by atoms with Crippen molar-refractivity contribution in [3.8, 4) is 0 Å². The maximum atomic E-state index is 11.1. The summed E-state index contributed by atoms with van der Waals surface area (Å²) in [6.07, 6.45) is 2.31. The van der Waals surface area contributed by atoms with Gasteiger partial charge >= 0.3 is 5.97 Å². The van der Waals surface area contributed by atoms with Crippen LogP contribution in [-0.4, -0.2) is 38.3 Å². The lowest BCUT2D eigenvalue weighted by molar-refractivity contribution is -0.142. The van der Waals surface area contributed by atoms with Gasteiger partial charge in [-0.25, -0.2) is 0 Å². The summed E-state index contributed by atoms with van der Waals surface area (Å²) in [5.74, 6) is -0.189. The third-order valence-electron chi connectivity index (χ3n) is 2.34. The number of hydrogen-bond acceptors (Lipinski definition) is 4. The number of rotatable bonds is 3. The van der Waals surface area contributed by atoms with Gasteiger partial charge in [-0.3, -0.25) is 4.79 Å². The van der Waals surface area contributed by atoms with E-state index in [1.807, 2.05) is 6.92 Å². The molecule has 4 nitrogen and oxygen atoms in total. The van der Waals surface area contributed by atoms with E-state index in [4.69, 9.17) is 0 Å². The molecule has 0 spiro atoms. The largest absolute Gasteiger partial charge is 0.468 e. The smallest absolute Gasteiger partial charge is 0.322 e. The van der Waals surface area contributed by atoms with Gasteiger partial charge < -0.3 is 15.4 Å². The number of carbonyl (C=O) groups excluding carboxylic acids is 1. The van der Waals surface area contributed by atoms with Crippen molar-refractivity contribution >= 4 is 5.97 Å².